The normalized spacial score (nSPS) is 11.2. The van der Waals surface area contributed by atoms with Crippen molar-refractivity contribution in [1.82, 2.24) is 9.97 Å². The maximum Gasteiger partial charge on any atom is 0.223 e. The number of hydrogen-bond acceptors (Lipinski definition) is 6. The van der Waals surface area contributed by atoms with Crippen LogP contribution in [0.4, 0.5) is 5.95 Å². The topological polar surface area (TPSA) is 87.5 Å². The monoisotopic (exact) mass is 227 g/mol. The lowest BCUT2D eigenvalue weighted by molar-refractivity contribution is 0.132. The molecule has 0 aliphatic rings. The maximum atomic E-state index is 9.24. The number of nitrogens with zero attached hydrogens (tertiary/aromatic N) is 2. The fourth-order valence-electron chi connectivity index (χ4n) is 1.16. The van der Waals surface area contributed by atoms with E-state index in [4.69, 9.17) is 4.74 Å². The Labute approximate surface area is 94.3 Å². The number of aliphatic hydroxyl groups is 2. The van der Waals surface area contributed by atoms with E-state index in [0.29, 0.717) is 18.1 Å². The number of nitrogens with one attached hydrogen (secondary N) is 1. The highest BCUT2D eigenvalue weighted by Crippen LogP contribution is 2.16. The van der Waals surface area contributed by atoms with E-state index in [1.807, 2.05) is 6.92 Å². The van der Waals surface area contributed by atoms with Gasteiger partial charge in [-0.2, -0.15) is 0 Å². The van der Waals surface area contributed by atoms with E-state index < -0.39 is 5.54 Å². The van der Waals surface area contributed by atoms with Crippen LogP contribution in [0.2, 0.25) is 0 Å². The summed E-state index contributed by atoms with van der Waals surface area (Å²) in [6.45, 7) is 1.49. The lowest BCUT2D eigenvalue weighted by Crippen LogP contribution is -2.45. The predicted octanol–water partition coefficient (Wildman–Crippen LogP) is 0.0305. The Hall–Kier alpha value is -1.40. The van der Waals surface area contributed by atoms with Crippen LogP contribution in [0.25, 0.3) is 0 Å². The minimum Gasteiger partial charge on any atom is -0.494 e. The number of ether oxygens (including phenoxy) is 1. The smallest absolute Gasteiger partial charge is 0.223 e. The minimum absolute atomic E-state index is 0.185. The van der Waals surface area contributed by atoms with Gasteiger partial charge in [-0.3, -0.25) is 0 Å². The van der Waals surface area contributed by atoms with Crippen LogP contribution in [0.15, 0.2) is 12.4 Å². The van der Waals surface area contributed by atoms with Crippen molar-refractivity contribution in [3.63, 3.8) is 0 Å². The third-order valence-electron chi connectivity index (χ3n) is 2.52. The molecule has 0 atom stereocenters. The summed E-state index contributed by atoms with van der Waals surface area (Å²) < 4.78 is 4.93. The molecule has 0 spiro atoms. The van der Waals surface area contributed by atoms with E-state index in [9.17, 15) is 10.2 Å². The molecule has 1 aromatic rings. The summed E-state index contributed by atoms with van der Waals surface area (Å²) in [4.78, 5) is 8.02. The van der Waals surface area contributed by atoms with E-state index in [2.05, 4.69) is 15.3 Å². The molecule has 1 aromatic heterocycles. The van der Waals surface area contributed by atoms with Crippen LogP contribution in [0.5, 0.6) is 5.75 Å². The summed E-state index contributed by atoms with van der Waals surface area (Å²) in [7, 11) is 1.53. The Morgan fingerprint density at radius 1 is 1.31 bits per heavy atom. The van der Waals surface area contributed by atoms with Crippen LogP contribution in [-0.2, 0) is 0 Å². The summed E-state index contributed by atoms with van der Waals surface area (Å²) in [6.07, 6.45) is 3.60. The molecule has 3 N–H and O–H groups in total. The largest absolute Gasteiger partial charge is 0.494 e. The zero-order chi connectivity index (χ0) is 12.0. The molecule has 0 amide bonds. The second kappa shape index (κ2) is 5.62. The molecular weight excluding hydrogens is 210 g/mol. The van der Waals surface area contributed by atoms with Gasteiger partial charge in [0.15, 0.2) is 5.75 Å². The molecule has 0 aromatic carbocycles. The molecule has 0 saturated heterocycles. The zero-order valence-electron chi connectivity index (χ0n) is 9.47. The van der Waals surface area contributed by atoms with Gasteiger partial charge in [-0.25, -0.2) is 9.97 Å². The zero-order valence-corrected chi connectivity index (χ0v) is 9.47. The molecule has 0 fully saturated rings. The average Bonchev–Trinajstić information content (AvgIpc) is 2.37. The second-order valence-electron chi connectivity index (χ2n) is 3.52. The molecule has 6 nitrogen and oxygen atoms in total. The Bertz CT molecular complexity index is 303. The fraction of sp³-hybridized carbons (Fsp3) is 0.600. The number of anilines is 1. The van der Waals surface area contributed by atoms with Crippen molar-refractivity contribution in [2.45, 2.75) is 18.9 Å². The maximum absolute atomic E-state index is 9.24. The van der Waals surface area contributed by atoms with Crippen LogP contribution in [-0.4, -0.2) is 46.0 Å². The van der Waals surface area contributed by atoms with Gasteiger partial charge in [0.2, 0.25) is 5.95 Å². The van der Waals surface area contributed by atoms with E-state index >= 15 is 0 Å². The molecular formula is C10H17N3O3. The van der Waals surface area contributed by atoms with Gasteiger partial charge in [0.1, 0.15) is 0 Å². The molecule has 0 aliphatic carbocycles. The van der Waals surface area contributed by atoms with Gasteiger partial charge in [-0.15, -0.1) is 0 Å². The number of rotatable bonds is 6. The van der Waals surface area contributed by atoms with Gasteiger partial charge < -0.3 is 20.3 Å². The summed E-state index contributed by atoms with van der Waals surface area (Å²) in [5.41, 5.74) is -0.783. The Kier molecular flexibility index (Phi) is 4.45. The van der Waals surface area contributed by atoms with Crippen molar-refractivity contribution < 1.29 is 14.9 Å². The lowest BCUT2D eigenvalue weighted by atomic mass is 9.99. The van der Waals surface area contributed by atoms with E-state index in [-0.39, 0.29) is 13.2 Å². The van der Waals surface area contributed by atoms with Gasteiger partial charge >= 0.3 is 0 Å². The van der Waals surface area contributed by atoms with Crippen molar-refractivity contribution in [3.05, 3.63) is 12.4 Å². The van der Waals surface area contributed by atoms with Gasteiger partial charge in [-0.1, -0.05) is 6.92 Å². The van der Waals surface area contributed by atoms with E-state index in [1.165, 1.54) is 19.5 Å². The number of hydrogen-bond donors (Lipinski definition) is 3. The summed E-state index contributed by atoms with van der Waals surface area (Å²) in [6, 6.07) is 0. The third kappa shape index (κ3) is 2.80. The molecule has 0 radical (unpaired) electrons. The molecule has 6 heteroatoms. The molecule has 1 heterocycles. The van der Waals surface area contributed by atoms with E-state index in [0.717, 1.165) is 0 Å². The van der Waals surface area contributed by atoms with Crippen LogP contribution < -0.4 is 10.1 Å². The number of aromatic nitrogens is 2. The quantitative estimate of drug-likeness (QED) is 0.635. The average molecular weight is 227 g/mol. The highest BCUT2D eigenvalue weighted by atomic mass is 16.5. The first-order chi connectivity index (χ1) is 7.69. The summed E-state index contributed by atoms with van der Waals surface area (Å²) in [5, 5.41) is 21.4. The second-order valence-corrected chi connectivity index (χ2v) is 3.52. The van der Waals surface area contributed by atoms with Crippen molar-refractivity contribution in [1.29, 1.82) is 0 Å². The Morgan fingerprint density at radius 2 is 1.88 bits per heavy atom. The highest BCUT2D eigenvalue weighted by Gasteiger charge is 2.27. The van der Waals surface area contributed by atoms with Crippen molar-refractivity contribution >= 4 is 5.95 Å². The SMILES string of the molecule is CCC(CO)(CO)Nc1ncc(OC)cn1. The number of aliphatic hydroxyl groups excluding tert-OH is 2. The van der Waals surface area contributed by atoms with Gasteiger partial charge in [0.05, 0.1) is 38.3 Å². The molecule has 0 unspecified atom stereocenters. The van der Waals surface area contributed by atoms with Crippen LogP contribution >= 0.6 is 0 Å². The predicted molar refractivity (Wildman–Crippen MR) is 59.4 cm³/mol. The van der Waals surface area contributed by atoms with Crippen LogP contribution in [0.3, 0.4) is 0 Å². The third-order valence-corrected chi connectivity index (χ3v) is 2.52. The Balaban J connectivity index is 2.77. The summed E-state index contributed by atoms with van der Waals surface area (Å²) >= 11 is 0. The molecule has 1 rings (SSSR count). The molecule has 16 heavy (non-hydrogen) atoms. The van der Waals surface area contributed by atoms with E-state index in [1.54, 1.807) is 0 Å². The molecule has 90 valence electrons. The molecule has 0 aliphatic heterocycles. The first-order valence-corrected chi connectivity index (χ1v) is 5.05. The van der Waals surface area contributed by atoms with Crippen molar-refractivity contribution in [2.75, 3.05) is 25.6 Å². The van der Waals surface area contributed by atoms with Crippen LogP contribution in [0.1, 0.15) is 13.3 Å². The summed E-state index contributed by atoms with van der Waals surface area (Å²) in [5.74, 6) is 0.909. The lowest BCUT2D eigenvalue weighted by Gasteiger charge is -2.29. The first-order valence-electron chi connectivity index (χ1n) is 5.05. The van der Waals surface area contributed by atoms with Gasteiger partial charge in [0.25, 0.3) is 0 Å². The number of methoxy groups -OCH3 is 1. The minimum atomic E-state index is -0.783. The first kappa shape index (κ1) is 12.7. The van der Waals surface area contributed by atoms with Crippen molar-refractivity contribution in [3.8, 4) is 5.75 Å². The molecule has 0 bridgehead atoms. The molecule has 0 saturated carbocycles. The highest BCUT2D eigenvalue weighted by molar-refractivity contribution is 5.31. The van der Waals surface area contributed by atoms with Gasteiger partial charge in [0, 0.05) is 0 Å². The van der Waals surface area contributed by atoms with Gasteiger partial charge in [-0.05, 0) is 6.42 Å². The van der Waals surface area contributed by atoms with Crippen molar-refractivity contribution in [2.24, 2.45) is 0 Å². The van der Waals surface area contributed by atoms with Crippen LogP contribution in [0, 0.1) is 0 Å². The Morgan fingerprint density at radius 3 is 2.25 bits per heavy atom. The fourth-order valence-corrected chi connectivity index (χ4v) is 1.16. The standard InChI is InChI=1S/C10H17N3O3/c1-3-10(6-14,7-15)13-9-11-4-8(16-2)5-12-9/h4-5,14-15H,3,6-7H2,1-2H3,(H,11,12,13).